The van der Waals surface area contributed by atoms with Crippen LogP contribution >= 0.6 is 0 Å². The number of nitrogens with one attached hydrogen (secondary N) is 1. The Labute approximate surface area is 95.3 Å². The van der Waals surface area contributed by atoms with Gasteiger partial charge in [-0.05, 0) is 0 Å². The lowest BCUT2D eigenvalue weighted by Gasteiger charge is -2.10. The molecule has 0 spiro atoms. The fourth-order valence-corrected chi connectivity index (χ4v) is 1.19. The first-order valence-corrected chi connectivity index (χ1v) is 5.28. The molecule has 0 unspecified atom stereocenters. The molecule has 0 aliphatic heterocycles. The van der Waals surface area contributed by atoms with E-state index in [1.807, 2.05) is 6.92 Å². The fraction of sp³-hybridized carbons (Fsp3) is 0.545. The van der Waals surface area contributed by atoms with Gasteiger partial charge in [-0.25, -0.2) is 9.97 Å². The van der Waals surface area contributed by atoms with Gasteiger partial charge in [0, 0.05) is 13.5 Å². The molecule has 0 saturated heterocycles. The summed E-state index contributed by atoms with van der Waals surface area (Å²) in [6, 6.07) is 0. The van der Waals surface area contributed by atoms with E-state index < -0.39 is 0 Å². The van der Waals surface area contributed by atoms with Crippen LogP contribution in [-0.4, -0.2) is 29.6 Å². The Hall–Kier alpha value is -1.49. The highest BCUT2D eigenvalue weighted by atomic mass is 16.5. The number of carbonyl (C=O) groups is 1. The summed E-state index contributed by atoms with van der Waals surface area (Å²) in [4.78, 5) is 19.8. The number of hydrogen-bond acceptors (Lipinski definition) is 4. The normalized spacial score (nSPS) is 12.2. The number of carbonyl (C=O) groups excluding carboxylic acids is 1. The van der Waals surface area contributed by atoms with Crippen molar-refractivity contribution in [3.05, 3.63) is 18.2 Å². The summed E-state index contributed by atoms with van der Waals surface area (Å²) < 4.78 is 4.91. The topological polar surface area (TPSA) is 64.1 Å². The van der Waals surface area contributed by atoms with E-state index in [9.17, 15) is 4.79 Å². The number of nitrogens with zero attached hydrogens (tertiary/aromatic N) is 2. The Morgan fingerprint density at radius 2 is 2.12 bits per heavy atom. The average Bonchev–Trinajstić information content (AvgIpc) is 2.30. The fourth-order valence-electron chi connectivity index (χ4n) is 1.19. The Morgan fingerprint density at radius 3 is 2.62 bits per heavy atom. The molecular weight excluding hydrogens is 206 g/mol. The zero-order valence-electron chi connectivity index (χ0n) is 9.86. The monoisotopic (exact) mass is 223 g/mol. The van der Waals surface area contributed by atoms with E-state index >= 15 is 0 Å². The second kappa shape index (κ2) is 6.17. The number of ether oxygens (including phenoxy) is 1. The predicted octanol–water partition coefficient (Wildman–Crippen LogP) is 1.26. The molecule has 0 radical (unpaired) electrons. The van der Waals surface area contributed by atoms with Crippen LogP contribution in [0, 0.1) is 5.92 Å². The van der Waals surface area contributed by atoms with Gasteiger partial charge in [-0.3, -0.25) is 4.79 Å². The molecule has 0 aromatic carbocycles. The van der Waals surface area contributed by atoms with Crippen molar-refractivity contribution >= 4 is 11.6 Å². The largest absolute Gasteiger partial charge is 0.384 e. The van der Waals surface area contributed by atoms with Gasteiger partial charge < -0.3 is 10.1 Å². The number of amides is 1. The molecule has 1 rings (SSSR count). The van der Waals surface area contributed by atoms with Crippen molar-refractivity contribution in [3.8, 4) is 0 Å². The van der Waals surface area contributed by atoms with Gasteiger partial charge >= 0.3 is 0 Å². The highest BCUT2D eigenvalue weighted by Crippen LogP contribution is 2.06. The van der Waals surface area contributed by atoms with Crippen molar-refractivity contribution in [1.29, 1.82) is 0 Å². The molecule has 1 aromatic rings. The molecule has 16 heavy (non-hydrogen) atoms. The third kappa shape index (κ3) is 3.58. The zero-order chi connectivity index (χ0) is 12.0. The first-order valence-electron chi connectivity index (χ1n) is 5.28. The van der Waals surface area contributed by atoms with Crippen LogP contribution in [0.25, 0.3) is 0 Å². The van der Waals surface area contributed by atoms with Gasteiger partial charge in [-0.1, -0.05) is 13.8 Å². The van der Waals surface area contributed by atoms with Gasteiger partial charge in [0.05, 0.1) is 30.6 Å². The standard InChI is InChI=1S/C11H17N3O2/c1-4-10-12-5-9(6-13-10)14-11(15)8(2)7-16-3/h5-6,8H,4,7H2,1-3H3,(H,14,15)/t8-/m0/s1. The molecular formula is C11H17N3O2. The van der Waals surface area contributed by atoms with Crippen LogP contribution in [0.15, 0.2) is 12.4 Å². The molecule has 0 bridgehead atoms. The first kappa shape index (κ1) is 12.6. The number of anilines is 1. The van der Waals surface area contributed by atoms with Crippen LogP contribution in [0.5, 0.6) is 0 Å². The number of aryl methyl sites for hydroxylation is 1. The summed E-state index contributed by atoms with van der Waals surface area (Å²) in [5.74, 6) is 0.494. The molecule has 0 aliphatic rings. The van der Waals surface area contributed by atoms with Crippen molar-refractivity contribution in [1.82, 2.24) is 9.97 Å². The summed E-state index contributed by atoms with van der Waals surface area (Å²) in [6.45, 7) is 4.19. The average molecular weight is 223 g/mol. The molecule has 5 heteroatoms. The minimum atomic E-state index is -0.184. The molecule has 5 nitrogen and oxygen atoms in total. The van der Waals surface area contributed by atoms with Gasteiger partial charge in [0.25, 0.3) is 0 Å². The Balaban J connectivity index is 2.55. The molecule has 88 valence electrons. The van der Waals surface area contributed by atoms with E-state index in [0.717, 1.165) is 12.2 Å². The third-order valence-corrected chi connectivity index (χ3v) is 2.15. The lowest BCUT2D eigenvalue weighted by Crippen LogP contribution is -2.24. The molecule has 0 saturated carbocycles. The maximum Gasteiger partial charge on any atom is 0.229 e. The van der Waals surface area contributed by atoms with Crippen LogP contribution in [0.4, 0.5) is 5.69 Å². The van der Waals surface area contributed by atoms with Crippen LogP contribution in [0.1, 0.15) is 19.7 Å². The number of rotatable bonds is 5. The van der Waals surface area contributed by atoms with Crippen molar-refractivity contribution in [2.24, 2.45) is 5.92 Å². The lowest BCUT2D eigenvalue weighted by molar-refractivity contribution is -0.120. The van der Waals surface area contributed by atoms with Crippen molar-refractivity contribution < 1.29 is 9.53 Å². The van der Waals surface area contributed by atoms with Crippen molar-refractivity contribution in [2.75, 3.05) is 19.0 Å². The second-order valence-electron chi connectivity index (χ2n) is 3.59. The molecule has 1 heterocycles. The van der Waals surface area contributed by atoms with E-state index in [1.54, 1.807) is 26.4 Å². The first-order chi connectivity index (χ1) is 7.67. The zero-order valence-corrected chi connectivity index (χ0v) is 9.86. The highest BCUT2D eigenvalue weighted by Gasteiger charge is 2.12. The van der Waals surface area contributed by atoms with E-state index in [0.29, 0.717) is 12.3 Å². The predicted molar refractivity (Wildman–Crippen MR) is 61.1 cm³/mol. The maximum atomic E-state index is 11.6. The Morgan fingerprint density at radius 1 is 1.50 bits per heavy atom. The van der Waals surface area contributed by atoms with E-state index in [-0.39, 0.29) is 11.8 Å². The minimum Gasteiger partial charge on any atom is -0.384 e. The van der Waals surface area contributed by atoms with Gasteiger partial charge in [-0.15, -0.1) is 0 Å². The summed E-state index contributed by atoms with van der Waals surface area (Å²) >= 11 is 0. The summed E-state index contributed by atoms with van der Waals surface area (Å²) in [5.41, 5.74) is 0.616. The molecule has 1 aromatic heterocycles. The lowest BCUT2D eigenvalue weighted by atomic mass is 10.2. The van der Waals surface area contributed by atoms with Crippen LogP contribution < -0.4 is 5.32 Å². The molecule has 0 fully saturated rings. The van der Waals surface area contributed by atoms with Crippen LogP contribution in [0.2, 0.25) is 0 Å². The van der Waals surface area contributed by atoms with Crippen LogP contribution in [0.3, 0.4) is 0 Å². The smallest absolute Gasteiger partial charge is 0.229 e. The van der Waals surface area contributed by atoms with E-state index in [2.05, 4.69) is 15.3 Å². The van der Waals surface area contributed by atoms with E-state index in [1.165, 1.54) is 0 Å². The highest BCUT2D eigenvalue weighted by molar-refractivity contribution is 5.92. The number of methoxy groups -OCH3 is 1. The van der Waals surface area contributed by atoms with E-state index in [4.69, 9.17) is 4.74 Å². The SMILES string of the molecule is CCc1ncc(NC(=O)[C@@H](C)COC)cn1. The number of aromatic nitrogens is 2. The summed E-state index contributed by atoms with van der Waals surface area (Å²) in [6.07, 6.45) is 4.01. The molecule has 1 atom stereocenters. The summed E-state index contributed by atoms with van der Waals surface area (Å²) in [7, 11) is 1.57. The van der Waals surface area contributed by atoms with Crippen molar-refractivity contribution in [3.63, 3.8) is 0 Å². The maximum absolute atomic E-state index is 11.6. The van der Waals surface area contributed by atoms with Crippen LogP contribution in [-0.2, 0) is 16.0 Å². The summed E-state index contributed by atoms with van der Waals surface area (Å²) in [5, 5.41) is 2.73. The van der Waals surface area contributed by atoms with Gasteiger partial charge in [0.2, 0.25) is 5.91 Å². The van der Waals surface area contributed by atoms with Gasteiger partial charge in [0.15, 0.2) is 0 Å². The second-order valence-corrected chi connectivity index (χ2v) is 3.59. The molecule has 1 N–H and O–H groups in total. The molecule has 0 aliphatic carbocycles. The van der Waals surface area contributed by atoms with Crippen molar-refractivity contribution in [2.45, 2.75) is 20.3 Å². The molecule has 1 amide bonds. The number of hydrogen-bond donors (Lipinski definition) is 1. The van der Waals surface area contributed by atoms with Gasteiger partial charge in [-0.2, -0.15) is 0 Å². The Kier molecular flexibility index (Phi) is 4.85. The minimum absolute atomic E-state index is 0.0882. The van der Waals surface area contributed by atoms with Gasteiger partial charge in [0.1, 0.15) is 5.82 Å². The quantitative estimate of drug-likeness (QED) is 0.816. The Bertz CT molecular complexity index is 338. The third-order valence-electron chi connectivity index (χ3n) is 2.15.